The van der Waals surface area contributed by atoms with Crippen molar-refractivity contribution in [3.63, 3.8) is 0 Å². The lowest BCUT2D eigenvalue weighted by Gasteiger charge is -2.07. The molecule has 0 bridgehead atoms. The quantitative estimate of drug-likeness (QED) is 0.865. The highest BCUT2D eigenvalue weighted by molar-refractivity contribution is 5.48. The monoisotopic (exact) mass is 243 g/mol. The van der Waals surface area contributed by atoms with Crippen LogP contribution in [0.5, 0.6) is 0 Å². The van der Waals surface area contributed by atoms with Gasteiger partial charge in [-0.2, -0.15) is 9.67 Å². The Morgan fingerprint density at radius 2 is 2.11 bits per heavy atom. The van der Waals surface area contributed by atoms with Gasteiger partial charge in [-0.05, 0) is 43.9 Å². The average molecular weight is 243 g/mol. The van der Waals surface area contributed by atoms with Crippen molar-refractivity contribution in [3.8, 4) is 5.69 Å². The number of hydrogen-bond acceptors (Lipinski definition) is 4. The molecule has 0 radical (unpaired) electrons. The fourth-order valence-electron chi connectivity index (χ4n) is 1.92. The van der Waals surface area contributed by atoms with Gasteiger partial charge < -0.3 is 11.1 Å². The number of anilines is 2. The fraction of sp³-hybridized carbons (Fsp3) is 0.385. The van der Waals surface area contributed by atoms with E-state index in [0.717, 1.165) is 11.3 Å². The number of nitrogens with two attached hydrogens (primary N) is 1. The molecule has 5 heteroatoms. The van der Waals surface area contributed by atoms with E-state index in [0.29, 0.717) is 17.9 Å². The van der Waals surface area contributed by atoms with E-state index in [2.05, 4.69) is 40.5 Å². The van der Waals surface area contributed by atoms with Gasteiger partial charge in [0.05, 0.1) is 5.69 Å². The molecule has 3 rings (SSSR count). The van der Waals surface area contributed by atoms with Gasteiger partial charge in [0.25, 0.3) is 0 Å². The number of nitrogens with one attached hydrogen (secondary N) is 1. The predicted molar refractivity (Wildman–Crippen MR) is 71.9 cm³/mol. The smallest absolute Gasteiger partial charge is 0.244 e. The molecule has 1 fully saturated rings. The second kappa shape index (κ2) is 4.01. The summed E-state index contributed by atoms with van der Waals surface area (Å²) < 4.78 is 1.70. The van der Waals surface area contributed by atoms with Crippen LogP contribution in [0, 0.1) is 13.8 Å². The van der Waals surface area contributed by atoms with Gasteiger partial charge in [0.1, 0.15) is 0 Å². The van der Waals surface area contributed by atoms with Crippen LogP contribution in [0.2, 0.25) is 0 Å². The van der Waals surface area contributed by atoms with Gasteiger partial charge in [0, 0.05) is 6.04 Å². The first-order valence-electron chi connectivity index (χ1n) is 6.20. The van der Waals surface area contributed by atoms with Crippen molar-refractivity contribution in [2.24, 2.45) is 0 Å². The molecule has 1 aliphatic carbocycles. The second-order valence-electron chi connectivity index (χ2n) is 4.91. The van der Waals surface area contributed by atoms with Crippen LogP contribution < -0.4 is 11.1 Å². The van der Waals surface area contributed by atoms with Gasteiger partial charge in [-0.1, -0.05) is 12.1 Å². The molecule has 3 N–H and O–H groups in total. The Labute approximate surface area is 106 Å². The normalized spacial score (nSPS) is 14.8. The molecular weight excluding hydrogens is 226 g/mol. The first kappa shape index (κ1) is 11.1. The molecule has 2 aromatic rings. The molecule has 1 aromatic carbocycles. The Balaban J connectivity index is 1.99. The second-order valence-corrected chi connectivity index (χ2v) is 4.91. The number of hydrogen-bond donors (Lipinski definition) is 2. The number of nitrogens with zero attached hydrogens (tertiary/aromatic N) is 3. The summed E-state index contributed by atoms with van der Waals surface area (Å²) in [5.41, 5.74) is 9.24. The molecule has 0 saturated heterocycles. The lowest BCUT2D eigenvalue weighted by atomic mass is 10.1. The van der Waals surface area contributed by atoms with Crippen molar-refractivity contribution >= 4 is 11.9 Å². The van der Waals surface area contributed by atoms with Gasteiger partial charge in [-0.25, -0.2) is 0 Å². The number of nitrogen functional groups attached to an aromatic ring is 1. The maximum absolute atomic E-state index is 5.94. The van der Waals surface area contributed by atoms with Crippen LogP contribution in [0.3, 0.4) is 0 Å². The minimum Gasteiger partial charge on any atom is -0.368 e. The third kappa shape index (κ3) is 2.03. The Bertz CT molecular complexity index is 583. The molecule has 94 valence electrons. The van der Waals surface area contributed by atoms with E-state index in [1.165, 1.54) is 18.4 Å². The van der Waals surface area contributed by atoms with Crippen LogP contribution in [0.1, 0.15) is 24.0 Å². The Morgan fingerprint density at radius 1 is 1.33 bits per heavy atom. The first-order chi connectivity index (χ1) is 8.63. The highest BCUT2D eigenvalue weighted by Gasteiger charge is 2.23. The molecule has 5 nitrogen and oxygen atoms in total. The summed E-state index contributed by atoms with van der Waals surface area (Å²) in [6.45, 7) is 4.10. The summed E-state index contributed by atoms with van der Waals surface area (Å²) in [7, 11) is 0. The van der Waals surface area contributed by atoms with E-state index in [1.54, 1.807) is 4.68 Å². The average Bonchev–Trinajstić information content (AvgIpc) is 3.06. The lowest BCUT2D eigenvalue weighted by Crippen LogP contribution is -2.05. The van der Waals surface area contributed by atoms with E-state index < -0.39 is 0 Å². The Kier molecular flexibility index (Phi) is 2.47. The van der Waals surface area contributed by atoms with Crippen molar-refractivity contribution in [2.45, 2.75) is 32.7 Å². The van der Waals surface area contributed by atoms with Crippen LogP contribution in [-0.4, -0.2) is 20.8 Å². The van der Waals surface area contributed by atoms with E-state index in [4.69, 9.17) is 5.73 Å². The SMILES string of the molecule is Cc1ccc(C)c(-n2nc(NC3CC3)nc2N)c1. The minimum absolute atomic E-state index is 0.423. The number of aromatic nitrogens is 3. The van der Waals surface area contributed by atoms with Gasteiger partial charge in [-0.3, -0.25) is 0 Å². The van der Waals surface area contributed by atoms with Crippen LogP contribution in [0.25, 0.3) is 5.69 Å². The summed E-state index contributed by atoms with van der Waals surface area (Å²) in [5.74, 6) is 1.04. The van der Waals surface area contributed by atoms with Crippen molar-refractivity contribution in [1.29, 1.82) is 0 Å². The van der Waals surface area contributed by atoms with Crippen molar-refractivity contribution in [2.75, 3.05) is 11.1 Å². The van der Waals surface area contributed by atoms with E-state index >= 15 is 0 Å². The van der Waals surface area contributed by atoms with E-state index in [1.807, 2.05) is 6.92 Å². The maximum Gasteiger partial charge on any atom is 0.244 e. The molecule has 0 spiro atoms. The molecule has 0 atom stereocenters. The molecule has 18 heavy (non-hydrogen) atoms. The van der Waals surface area contributed by atoms with Crippen LogP contribution in [-0.2, 0) is 0 Å². The van der Waals surface area contributed by atoms with Gasteiger partial charge in [0.2, 0.25) is 11.9 Å². The molecule has 1 saturated carbocycles. The Hall–Kier alpha value is -2.04. The summed E-state index contributed by atoms with van der Waals surface area (Å²) in [6, 6.07) is 6.75. The molecule has 1 aromatic heterocycles. The number of benzene rings is 1. The zero-order valence-electron chi connectivity index (χ0n) is 10.6. The molecule has 0 amide bonds. The third-order valence-corrected chi connectivity index (χ3v) is 3.14. The Morgan fingerprint density at radius 3 is 2.83 bits per heavy atom. The first-order valence-corrected chi connectivity index (χ1v) is 6.20. The predicted octanol–water partition coefficient (Wildman–Crippen LogP) is 2.04. The molecule has 0 aliphatic heterocycles. The number of rotatable bonds is 3. The highest BCUT2D eigenvalue weighted by atomic mass is 15.4. The van der Waals surface area contributed by atoms with Crippen LogP contribution in [0.4, 0.5) is 11.9 Å². The largest absolute Gasteiger partial charge is 0.368 e. The fourth-order valence-corrected chi connectivity index (χ4v) is 1.92. The summed E-state index contributed by atoms with van der Waals surface area (Å²) in [4.78, 5) is 4.26. The van der Waals surface area contributed by atoms with Crippen LogP contribution >= 0.6 is 0 Å². The zero-order valence-corrected chi connectivity index (χ0v) is 10.6. The van der Waals surface area contributed by atoms with Gasteiger partial charge in [0.15, 0.2) is 0 Å². The molecule has 1 heterocycles. The van der Waals surface area contributed by atoms with Crippen molar-refractivity contribution in [1.82, 2.24) is 14.8 Å². The third-order valence-electron chi connectivity index (χ3n) is 3.14. The zero-order chi connectivity index (χ0) is 12.7. The standard InChI is InChI=1S/C13H17N5/c1-8-3-4-9(2)11(7-8)18-12(14)16-13(17-18)15-10-5-6-10/h3-4,7,10H,5-6H2,1-2H3,(H3,14,15,16,17). The van der Waals surface area contributed by atoms with Crippen molar-refractivity contribution in [3.05, 3.63) is 29.3 Å². The van der Waals surface area contributed by atoms with Gasteiger partial charge in [-0.15, -0.1) is 5.10 Å². The summed E-state index contributed by atoms with van der Waals surface area (Å²) in [6.07, 6.45) is 2.38. The molecule has 1 aliphatic rings. The van der Waals surface area contributed by atoms with Crippen LogP contribution in [0.15, 0.2) is 18.2 Å². The number of aryl methyl sites for hydroxylation is 2. The van der Waals surface area contributed by atoms with E-state index in [9.17, 15) is 0 Å². The highest BCUT2D eigenvalue weighted by Crippen LogP contribution is 2.24. The minimum atomic E-state index is 0.423. The van der Waals surface area contributed by atoms with Gasteiger partial charge >= 0.3 is 0 Å². The summed E-state index contributed by atoms with van der Waals surface area (Å²) >= 11 is 0. The molecule has 0 unspecified atom stereocenters. The topological polar surface area (TPSA) is 68.8 Å². The lowest BCUT2D eigenvalue weighted by molar-refractivity contribution is 0.878. The summed E-state index contributed by atoms with van der Waals surface area (Å²) in [5, 5.41) is 7.69. The maximum atomic E-state index is 5.94. The molecular formula is C13H17N5. The van der Waals surface area contributed by atoms with E-state index in [-0.39, 0.29) is 0 Å². The van der Waals surface area contributed by atoms with Crippen molar-refractivity contribution < 1.29 is 0 Å².